The van der Waals surface area contributed by atoms with Gasteiger partial charge >= 0.3 is 5.97 Å². The maximum atomic E-state index is 11.7. The fourth-order valence-electron chi connectivity index (χ4n) is 3.17. The first-order valence-corrected chi connectivity index (χ1v) is 10.5. The summed E-state index contributed by atoms with van der Waals surface area (Å²) >= 11 is 6.17. The number of aliphatic imine (C=N–C) groups is 1. The SMILES string of the molecule is COC(=O)c1ccc(-c2cc(OC)c(Nc3ncc(Cl)c(N=C(N)/C=C(/C)N)n3)cc2C)cc1. The molecule has 0 amide bonds. The Kier molecular flexibility index (Phi) is 7.70. The summed E-state index contributed by atoms with van der Waals surface area (Å²) in [5.74, 6) is 0.817. The standard InChI is InChI=1S/C24H25ClN6O3/c1-13-9-19(29-24-28-12-18(25)22(31-24)30-21(27)10-14(2)26)20(33-3)11-17(13)15-5-7-16(8-6-15)23(32)34-4/h5-12H,26H2,1-4H3,(H3,27,28,29,30,31)/b14-10-. The molecule has 0 fully saturated rings. The molecule has 0 aliphatic carbocycles. The molecule has 1 heterocycles. The van der Waals surface area contributed by atoms with Gasteiger partial charge in [0.15, 0.2) is 5.82 Å². The van der Waals surface area contributed by atoms with E-state index in [0.717, 1.165) is 16.7 Å². The van der Waals surface area contributed by atoms with E-state index in [1.807, 2.05) is 31.2 Å². The average Bonchev–Trinajstić information content (AvgIpc) is 2.80. The Hall–Kier alpha value is -4.11. The van der Waals surface area contributed by atoms with Gasteiger partial charge in [0.05, 0.1) is 31.7 Å². The predicted octanol–water partition coefficient (Wildman–Crippen LogP) is 4.50. The van der Waals surface area contributed by atoms with Crippen LogP contribution in [0.4, 0.5) is 17.5 Å². The Morgan fingerprint density at radius 3 is 2.50 bits per heavy atom. The van der Waals surface area contributed by atoms with Crippen LogP contribution in [-0.4, -0.2) is 36.0 Å². The van der Waals surface area contributed by atoms with Gasteiger partial charge in [-0.1, -0.05) is 23.7 Å². The quantitative estimate of drug-likeness (QED) is 0.255. The number of allylic oxidation sites excluding steroid dienone is 1. The number of aromatic nitrogens is 2. The molecule has 2 aromatic carbocycles. The van der Waals surface area contributed by atoms with E-state index in [1.165, 1.54) is 19.4 Å². The molecule has 176 valence electrons. The van der Waals surface area contributed by atoms with Crippen LogP contribution < -0.4 is 21.5 Å². The lowest BCUT2D eigenvalue weighted by Gasteiger charge is -2.15. The largest absolute Gasteiger partial charge is 0.495 e. The van der Waals surface area contributed by atoms with E-state index < -0.39 is 0 Å². The number of esters is 1. The number of aryl methyl sites for hydroxylation is 1. The zero-order valence-corrected chi connectivity index (χ0v) is 20.0. The van der Waals surface area contributed by atoms with Crippen LogP contribution >= 0.6 is 11.6 Å². The van der Waals surface area contributed by atoms with Crippen molar-refractivity contribution in [2.75, 3.05) is 19.5 Å². The van der Waals surface area contributed by atoms with Gasteiger partial charge in [-0.15, -0.1) is 0 Å². The predicted molar refractivity (Wildman–Crippen MR) is 134 cm³/mol. The van der Waals surface area contributed by atoms with E-state index in [4.69, 9.17) is 32.5 Å². The molecule has 3 rings (SSSR count). The smallest absolute Gasteiger partial charge is 0.337 e. The fourth-order valence-corrected chi connectivity index (χ4v) is 3.31. The number of nitrogens with zero attached hydrogens (tertiary/aromatic N) is 3. The van der Waals surface area contributed by atoms with E-state index in [9.17, 15) is 4.79 Å². The van der Waals surface area contributed by atoms with Gasteiger partial charge < -0.3 is 26.3 Å². The number of nitrogens with one attached hydrogen (secondary N) is 1. The maximum absolute atomic E-state index is 11.7. The van der Waals surface area contributed by atoms with Gasteiger partial charge in [-0.05, 0) is 60.9 Å². The molecule has 0 spiro atoms. The highest BCUT2D eigenvalue weighted by Crippen LogP contribution is 2.35. The Bertz CT molecular complexity index is 1270. The van der Waals surface area contributed by atoms with Crippen molar-refractivity contribution in [2.45, 2.75) is 13.8 Å². The third-order valence-electron chi connectivity index (χ3n) is 4.75. The van der Waals surface area contributed by atoms with Crippen molar-refractivity contribution in [1.82, 2.24) is 9.97 Å². The van der Waals surface area contributed by atoms with Crippen molar-refractivity contribution in [3.05, 3.63) is 70.5 Å². The van der Waals surface area contributed by atoms with E-state index in [1.54, 1.807) is 26.2 Å². The van der Waals surface area contributed by atoms with Crippen LogP contribution in [0.15, 0.2) is 59.4 Å². The van der Waals surface area contributed by atoms with Gasteiger partial charge in [0.1, 0.15) is 16.6 Å². The highest BCUT2D eigenvalue weighted by Gasteiger charge is 2.13. The molecule has 9 nitrogen and oxygen atoms in total. The van der Waals surface area contributed by atoms with Crippen LogP contribution in [0, 0.1) is 6.92 Å². The van der Waals surface area contributed by atoms with Crippen LogP contribution in [0.1, 0.15) is 22.8 Å². The number of benzene rings is 2. The number of rotatable bonds is 7. The van der Waals surface area contributed by atoms with Crippen LogP contribution in [0.25, 0.3) is 11.1 Å². The summed E-state index contributed by atoms with van der Waals surface area (Å²) in [5.41, 5.74) is 16.0. The molecule has 5 N–H and O–H groups in total. The number of amidine groups is 1. The van der Waals surface area contributed by atoms with Crippen LogP contribution in [0.3, 0.4) is 0 Å². The molecule has 10 heteroatoms. The van der Waals surface area contributed by atoms with E-state index >= 15 is 0 Å². The molecule has 0 radical (unpaired) electrons. The summed E-state index contributed by atoms with van der Waals surface area (Å²) < 4.78 is 10.3. The average molecular weight is 481 g/mol. The van der Waals surface area contributed by atoms with Crippen LogP contribution in [0.5, 0.6) is 5.75 Å². The highest BCUT2D eigenvalue weighted by atomic mass is 35.5. The topological polar surface area (TPSA) is 138 Å². The fraction of sp³-hybridized carbons (Fsp3) is 0.167. The highest BCUT2D eigenvalue weighted by molar-refractivity contribution is 6.32. The van der Waals surface area contributed by atoms with Crippen molar-refractivity contribution in [3.8, 4) is 16.9 Å². The van der Waals surface area contributed by atoms with E-state index in [0.29, 0.717) is 22.7 Å². The van der Waals surface area contributed by atoms with Gasteiger partial charge in [-0.25, -0.2) is 14.8 Å². The lowest BCUT2D eigenvalue weighted by atomic mass is 9.98. The van der Waals surface area contributed by atoms with Crippen molar-refractivity contribution < 1.29 is 14.3 Å². The van der Waals surface area contributed by atoms with Crippen molar-refractivity contribution in [1.29, 1.82) is 0 Å². The molecule has 0 aliphatic rings. The van der Waals surface area contributed by atoms with Gasteiger partial charge in [-0.2, -0.15) is 4.98 Å². The van der Waals surface area contributed by atoms with Gasteiger partial charge in [0, 0.05) is 5.70 Å². The molecule has 0 aliphatic heterocycles. The lowest BCUT2D eigenvalue weighted by molar-refractivity contribution is 0.0600. The molecular formula is C24H25ClN6O3. The van der Waals surface area contributed by atoms with Crippen molar-refractivity contribution in [2.24, 2.45) is 16.5 Å². The van der Waals surface area contributed by atoms with Crippen molar-refractivity contribution >= 4 is 40.9 Å². The molecule has 3 aromatic rings. The summed E-state index contributed by atoms with van der Waals surface area (Å²) in [6.07, 6.45) is 2.94. The normalized spacial score (nSPS) is 11.8. The number of halogens is 1. The number of methoxy groups -OCH3 is 2. The molecular weight excluding hydrogens is 456 g/mol. The number of carbonyl (C=O) groups excluding carboxylic acids is 1. The Labute approximate surface area is 202 Å². The summed E-state index contributed by atoms with van der Waals surface area (Å²) in [6, 6.07) is 11.0. The zero-order chi connectivity index (χ0) is 24.8. The minimum atomic E-state index is -0.386. The van der Waals surface area contributed by atoms with Crippen LogP contribution in [-0.2, 0) is 4.74 Å². The van der Waals surface area contributed by atoms with Crippen molar-refractivity contribution in [3.63, 3.8) is 0 Å². The zero-order valence-electron chi connectivity index (χ0n) is 19.2. The maximum Gasteiger partial charge on any atom is 0.337 e. The summed E-state index contributed by atoms with van der Waals surface area (Å²) in [4.78, 5) is 24.5. The molecule has 1 aromatic heterocycles. The third kappa shape index (κ3) is 5.81. The molecule has 34 heavy (non-hydrogen) atoms. The first-order chi connectivity index (χ1) is 16.2. The minimum Gasteiger partial charge on any atom is -0.495 e. The number of nitrogens with two attached hydrogens (primary N) is 2. The number of anilines is 2. The third-order valence-corrected chi connectivity index (χ3v) is 5.01. The van der Waals surface area contributed by atoms with Gasteiger partial charge in [0.2, 0.25) is 5.95 Å². The Morgan fingerprint density at radius 1 is 1.18 bits per heavy atom. The molecule has 0 bridgehead atoms. The van der Waals surface area contributed by atoms with Gasteiger partial charge in [0.25, 0.3) is 0 Å². The monoisotopic (exact) mass is 480 g/mol. The van der Waals surface area contributed by atoms with E-state index in [2.05, 4.69) is 20.3 Å². The molecule has 0 saturated carbocycles. The number of hydrogen-bond donors (Lipinski definition) is 3. The Balaban J connectivity index is 1.93. The summed E-state index contributed by atoms with van der Waals surface area (Å²) in [5, 5.41) is 3.38. The second kappa shape index (κ2) is 10.7. The second-order valence-corrected chi connectivity index (χ2v) is 7.76. The van der Waals surface area contributed by atoms with Gasteiger partial charge in [-0.3, -0.25) is 0 Å². The Morgan fingerprint density at radius 2 is 1.88 bits per heavy atom. The summed E-state index contributed by atoms with van der Waals surface area (Å²) in [7, 11) is 2.92. The number of carbonyl (C=O) groups is 1. The summed E-state index contributed by atoms with van der Waals surface area (Å²) in [6.45, 7) is 3.66. The first kappa shape index (κ1) is 24.5. The molecule has 0 atom stereocenters. The van der Waals surface area contributed by atoms with E-state index in [-0.39, 0.29) is 28.6 Å². The number of hydrogen-bond acceptors (Lipinski definition) is 8. The number of ether oxygens (including phenoxy) is 2. The van der Waals surface area contributed by atoms with Crippen LogP contribution in [0.2, 0.25) is 5.02 Å². The first-order valence-electron chi connectivity index (χ1n) is 10.2. The lowest BCUT2D eigenvalue weighted by Crippen LogP contribution is -2.10. The minimum absolute atomic E-state index is 0.169. The second-order valence-electron chi connectivity index (χ2n) is 7.35. The molecule has 0 saturated heterocycles. The molecule has 0 unspecified atom stereocenters.